The number of hydrogen-bond donors (Lipinski definition) is 0. The van der Waals surface area contributed by atoms with Crippen LogP contribution in [0.3, 0.4) is 0 Å². The molecule has 0 fully saturated rings. The molecule has 0 aliphatic rings. The first-order chi connectivity index (χ1) is 8.63. The van der Waals surface area contributed by atoms with Crippen LogP contribution in [-0.2, 0) is 0 Å². The van der Waals surface area contributed by atoms with Gasteiger partial charge in [0, 0.05) is 18.5 Å². The van der Waals surface area contributed by atoms with E-state index in [0.29, 0.717) is 22.7 Å². The minimum absolute atomic E-state index is 0.00533. The van der Waals surface area contributed by atoms with Crippen LogP contribution in [0.15, 0.2) is 30.6 Å². The predicted octanol–water partition coefficient (Wildman–Crippen LogP) is 2.37. The molecule has 0 spiro atoms. The highest BCUT2D eigenvalue weighted by Gasteiger charge is 2.19. The zero-order valence-corrected chi connectivity index (χ0v) is 9.95. The molecule has 0 aliphatic carbocycles. The zero-order valence-electron chi connectivity index (χ0n) is 9.95. The van der Waals surface area contributed by atoms with E-state index < -0.39 is 4.92 Å². The first kappa shape index (κ1) is 12.0. The molecule has 6 nitrogen and oxygen atoms in total. The van der Waals surface area contributed by atoms with Crippen LogP contribution in [0.1, 0.15) is 5.69 Å². The smallest absolute Gasteiger partial charge is 0.298 e. The Balaban J connectivity index is 2.63. The summed E-state index contributed by atoms with van der Waals surface area (Å²) >= 11 is 0. The average molecular weight is 245 g/mol. The van der Waals surface area contributed by atoms with Crippen LogP contribution < -0.4 is 4.74 Å². The Bertz CT molecular complexity index is 599. The third-order valence-corrected chi connectivity index (χ3v) is 2.54. The van der Waals surface area contributed by atoms with Gasteiger partial charge in [-0.3, -0.25) is 15.1 Å². The lowest BCUT2D eigenvalue weighted by atomic mass is 10.1. The summed E-state index contributed by atoms with van der Waals surface area (Å²) in [6.45, 7) is 1.61. The Morgan fingerprint density at radius 3 is 2.67 bits per heavy atom. The van der Waals surface area contributed by atoms with Gasteiger partial charge in [-0.25, -0.2) is 4.98 Å². The Kier molecular flexibility index (Phi) is 3.18. The highest BCUT2D eigenvalue weighted by atomic mass is 16.6. The van der Waals surface area contributed by atoms with E-state index in [0.717, 1.165) is 0 Å². The number of hydrogen-bond acceptors (Lipinski definition) is 5. The van der Waals surface area contributed by atoms with E-state index in [9.17, 15) is 10.1 Å². The van der Waals surface area contributed by atoms with Crippen molar-refractivity contribution in [1.82, 2.24) is 9.97 Å². The maximum absolute atomic E-state index is 11.1. The van der Waals surface area contributed by atoms with Crippen molar-refractivity contribution in [2.24, 2.45) is 0 Å². The molecule has 2 rings (SSSR count). The Morgan fingerprint density at radius 2 is 2.00 bits per heavy atom. The van der Waals surface area contributed by atoms with Crippen LogP contribution in [0.5, 0.6) is 5.88 Å². The zero-order chi connectivity index (χ0) is 13.1. The van der Waals surface area contributed by atoms with Crippen molar-refractivity contribution in [3.05, 3.63) is 46.4 Å². The molecule has 0 unspecified atom stereocenters. The standard InChI is InChI=1S/C12H11N3O3/c1-8-12(15(16)17)10(4-6-13-8)9-3-5-14-11(7-9)18-2/h3-7H,1-2H3. The van der Waals surface area contributed by atoms with Gasteiger partial charge in [-0.15, -0.1) is 0 Å². The quantitative estimate of drug-likeness (QED) is 0.612. The largest absolute Gasteiger partial charge is 0.481 e. The molecule has 0 saturated carbocycles. The summed E-state index contributed by atoms with van der Waals surface area (Å²) in [5.41, 5.74) is 1.58. The molecule has 0 aliphatic heterocycles. The molecular weight excluding hydrogens is 234 g/mol. The third kappa shape index (κ3) is 2.13. The van der Waals surface area contributed by atoms with Crippen LogP contribution in [0.2, 0.25) is 0 Å². The molecule has 2 heterocycles. The van der Waals surface area contributed by atoms with Gasteiger partial charge in [-0.1, -0.05) is 0 Å². The number of rotatable bonds is 3. The number of nitrogens with zero attached hydrogens (tertiary/aromatic N) is 3. The highest BCUT2D eigenvalue weighted by molar-refractivity contribution is 5.74. The monoisotopic (exact) mass is 245 g/mol. The van der Waals surface area contributed by atoms with Crippen LogP contribution in [-0.4, -0.2) is 22.0 Å². The molecular formula is C12H11N3O3. The lowest BCUT2D eigenvalue weighted by Gasteiger charge is -2.06. The molecule has 18 heavy (non-hydrogen) atoms. The van der Waals surface area contributed by atoms with E-state index in [4.69, 9.17) is 4.74 Å². The normalized spacial score (nSPS) is 10.1. The van der Waals surface area contributed by atoms with Crippen molar-refractivity contribution in [2.75, 3.05) is 7.11 Å². The fourth-order valence-electron chi connectivity index (χ4n) is 1.71. The number of nitro groups is 1. The molecule has 92 valence electrons. The Hall–Kier alpha value is -2.50. The van der Waals surface area contributed by atoms with Gasteiger partial charge in [-0.2, -0.15) is 0 Å². The summed E-state index contributed by atoms with van der Waals surface area (Å²) < 4.78 is 5.01. The lowest BCUT2D eigenvalue weighted by molar-refractivity contribution is -0.385. The Labute approximate surface area is 103 Å². The van der Waals surface area contributed by atoms with Gasteiger partial charge < -0.3 is 4.74 Å². The van der Waals surface area contributed by atoms with Crippen molar-refractivity contribution in [1.29, 1.82) is 0 Å². The van der Waals surface area contributed by atoms with Crippen LogP contribution >= 0.6 is 0 Å². The van der Waals surface area contributed by atoms with Gasteiger partial charge in [-0.05, 0) is 24.6 Å². The van der Waals surface area contributed by atoms with Crippen LogP contribution in [0.25, 0.3) is 11.1 Å². The fourth-order valence-corrected chi connectivity index (χ4v) is 1.71. The van der Waals surface area contributed by atoms with Crippen molar-refractivity contribution in [3.63, 3.8) is 0 Å². The number of pyridine rings is 2. The summed E-state index contributed by atoms with van der Waals surface area (Å²) in [7, 11) is 1.50. The molecule has 0 radical (unpaired) electrons. The molecule has 0 atom stereocenters. The van der Waals surface area contributed by atoms with Gasteiger partial charge >= 0.3 is 0 Å². The lowest BCUT2D eigenvalue weighted by Crippen LogP contribution is -1.97. The fraction of sp³-hybridized carbons (Fsp3) is 0.167. The van der Waals surface area contributed by atoms with Gasteiger partial charge in [0.15, 0.2) is 0 Å². The summed E-state index contributed by atoms with van der Waals surface area (Å²) in [6, 6.07) is 4.96. The minimum atomic E-state index is -0.426. The summed E-state index contributed by atoms with van der Waals surface area (Å²) in [6.07, 6.45) is 3.10. The molecule has 0 saturated heterocycles. The second kappa shape index (κ2) is 4.79. The van der Waals surface area contributed by atoms with Crippen molar-refractivity contribution >= 4 is 5.69 Å². The molecule has 0 aromatic carbocycles. The van der Waals surface area contributed by atoms with Gasteiger partial charge in [0.25, 0.3) is 5.69 Å². The topological polar surface area (TPSA) is 78.2 Å². The van der Waals surface area contributed by atoms with Crippen molar-refractivity contribution < 1.29 is 9.66 Å². The van der Waals surface area contributed by atoms with Gasteiger partial charge in [0.1, 0.15) is 5.69 Å². The average Bonchev–Trinajstić information content (AvgIpc) is 2.38. The molecule has 0 N–H and O–H groups in total. The summed E-state index contributed by atoms with van der Waals surface area (Å²) in [5.74, 6) is 0.413. The van der Waals surface area contributed by atoms with E-state index in [1.807, 2.05) is 0 Å². The SMILES string of the molecule is COc1cc(-c2ccnc(C)c2[N+](=O)[O-])ccn1. The molecule has 2 aromatic rings. The number of aromatic nitrogens is 2. The van der Waals surface area contributed by atoms with E-state index in [1.165, 1.54) is 7.11 Å². The van der Waals surface area contributed by atoms with Gasteiger partial charge in [0.05, 0.1) is 17.6 Å². The second-order valence-corrected chi connectivity index (χ2v) is 3.64. The first-order valence-electron chi connectivity index (χ1n) is 5.24. The van der Waals surface area contributed by atoms with E-state index >= 15 is 0 Å². The van der Waals surface area contributed by atoms with Crippen molar-refractivity contribution in [2.45, 2.75) is 6.92 Å². The summed E-state index contributed by atoms with van der Waals surface area (Å²) in [5, 5.41) is 11.1. The minimum Gasteiger partial charge on any atom is -0.481 e. The summed E-state index contributed by atoms with van der Waals surface area (Å²) in [4.78, 5) is 18.6. The van der Waals surface area contributed by atoms with Crippen LogP contribution in [0.4, 0.5) is 5.69 Å². The second-order valence-electron chi connectivity index (χ2n) is 3.64. The Morgan fingerprint density at radius 1 is 1.28 bits per heavy atom. The number of methoxy groups -OCH3 is 1. The van der Waals surface area contributed by atoms with E-state index in [-0.39, 0.29) is 5.69 Å². The van der Waals surface area contributed by atoms with E-state index in [1.54, 1.807) is 37.5 Å². The predicted molar refractivity (Wildman–Crippen MR) is 65.4 cm³/mol. The first-order valence-corrected chi connectivity index (χ1v) is 5.24. The molecule has 0 bridgehead atoms. The van der Waals surface area contributed by atoms with Gasteiger partial charge in [0.2, 0.25) is 5.88 Å². The maximum Gasteiger partial charge on any atom is 0.298 e. The van der Waals surface area contributed by atoms with Crippen molar-refractivity contribution in [3.8, 4) is 17.0 Å². The third-order valence-electron chi connectivity index (χ3n) is 2.54. The molecule has 0 amide bonds. The van der Waals surface area contributed by atoms with Crippen LogP contribution in [0, 0.1) is 17.0 Å². The highest BCUT2D eigenvalue weighted by Crippen LogP contribution is 2.32. The molecule has 6 heteroatoms. The number of aryl methyl sites for hydroxylation is 1. The molecule has 2 aromatic heterocycles. The number of ether oxygens (including phenoxy) is 1. The maximum atomic E-state index is 11.1. The van der Waals surface area contributed by atoms with E-state index in [2.05, 4.69) is 9.97 Å².